The standard InChI is InChI=1S/C39H32F3N7O4S/c1-44-38(50)35-26-17-25(31(47(2)54(3,51)52)19-33(26)53-37(35)22-7-9-23(40)10-8-22)28-11-12-29-36(46-28)32-18-24-27(41)5-4-6-30(24)49(32)34(45-29)20-48-15-13-39(42,21-43)14-16-48/h4-12,17-19H,13-16,20H2,1-3H3,(H,44,50). The minimum Gasteiger partial charge on any atom is -0.455 e. The van der Waals surface area contributed by atoms with E-state index in [1.54, 1.807) is 42.5 Å². The smallest absolute Gasteiger partial charge is 0.255 e. The van der Waals surface area contributed by atoms with Gasteiger partial charge in [-0.1, -0.05) is 6.07 Å². The van der Waals surface area contributed by atoms with Crippen LogP contribution in [-0.4, -0.2) is 72.7 Å². The molecule has 11 nitrogen and oxygen atoms in total. The maximum Gasteiger partial charge on any atom is 0.255 e. The Morgan fingerprint density at radius 2 is 1.76 bits per heavy atom. The number of carbonyl (C=O) groups is 1. The number of aromatic nitrogens is 3. The van der Waals surface area contributed by atoms with E-state index in [0.29, 0.717) is 75.1 Å². The molecule has 0 saturated carbocycles. The summed E-state index contributed by atoms with van der Waals surface area (Å²) < 4.78 is 79.0. The van der Waals surface area contributed by atoms with Gasteiger partial charge in [0.05, 0.1) is 46.3 Å². The third-order valence-corrected chi connectivity index (χ3v) is 11.3. The molecule has 3 aromatic carbocycles. The predicted octanol–water partition coefficient (Wildman–Crippen LogP) is 6.98. The summed E-state index contributed by atoms with van der Waals surface area (Å²) in [5, 5.41) is 12.6. The summed E-state index contributed by atoms with van der Waals surface area (Å²) >= 11 is 0. The fourth-order valence-corrected chi connectivity index (χ4v) is 7.64. The van der Waals surface area contributed by atoms with Gasteiger partial charge in [0.1, 0.15) is 40.4 Å². The summed E-state index contributed by atoms with van der Waals surface area (Å²) in [6.07, 6.45) is 1.18. The number of halogens is 3. The summed E-state index contributed by atoms with van der Waals surface area (Å²) in [5.41, 5.74) is 1.78. The average molecular weight is 752 g/mol. The summed E-state index contributed by atoms with van der Waals surface area (Å²) in [5.74, 6) is -0.658. The molecule has 0 atom stereocenters. The zero-order valence-corrected chi connectivity index (χ0v) is 30.1. The molecule has 5 heterocycles. The molecule has 0 radical (unpaired) electrons. The van der Waals surface area contributed by atoms with Crippen LogP contribution in [0.1, 0.15) is 29.0 Å². The van der Waals surface area contributed by atoms with Gasteiger partial charge in [-0.25, -0.2) is 31.6 Å². The lowest BCUT2D eigenvalue weighted by molar-refractivity contribution is 0.0962. The van der Waals surface area contributed by atoms with Crippen LogP contribution >= 0.6 is 0 Å². The quantitative estimate of drug-likeness (QED) is 0.184. The van der Waals surface area contributed by atoms with Crippen LogP contribution in [0, 0.1) is 23.0 Å². The van der Waals surface area contributed by atoms with Crippen molar-refractivity contribution in [3.8, 4) is 28.7 Å². The molecular weight excluding hydrogens is 720 g/mol. The summed E-state index contributed by atoms with van der Waals surface area (Å²) in [4.78, 5) is 25.4. The van der Waals surface area contributed by atoms with Crippen molar-refractivity contribution in [3.63, 3.8) is 0 Å². The molecule has 1 amide bonds. The van der Waals surface area contributed by atoms with Gasteiger partial charge < -0.3 is 9.73 Å². The first-order valence-electron chi connectivity index (χ1n) is 17.0. The van der Waals surface area contributed by atoms with Crippen LogP contribution in [0.2, 0.25) is 0 Å². The summed E-state index contributed by atoms with van der Waals surface area (Å²) in [7, 11) is -0.965. The Kier molecular flexibility index (Phi) is 8.35. The fraction of sp³-hybridized carbons (Fsp3) is 0.231. The molecule has 1 aliphatic rings. The fourth-order valence-electron chi connectivity index (χ4n) is 7.13. The summed E-state index contributed by atoms with van der Waals surface area (Å²) in [6, 6.07) is 20.2. The molecule has 1 N–H and O–H groups in total. The molecule has 15 heteroatoms. The number of fused-ring (bicyclic) bond motifs is 6. The van der Waals surface area contributed by atoms with Crippen LogP contribution in [-0.2, 0) is 16.6 Å². The van der Waals surface area contributed by atoms with Crippen LogP contribution in [0.15, 0.2) is 77.2 Å². The molecular formula is C39H32F3N7O4S. The number of nitriles is 1. The van der Waals surface area contributed by atoms with Crippen molar-refractivity contribution in [2.75, 3.05) is 37.7 Å². The third-order valence-electron chi connectivity index (χ3n) is 10.1. The van der Waals surface area contributed by atoms with E-state index in [9.17, 15) is 27.3 Å². The van der Waals surface area contributed by atoms with Gasteiger partial charge in [-0.15, -0.1) is 0 Å². The van der Waals surface area contributed by atoms with Crippen molar-refractivity contribution in [3.05, 3.63) is 95.8 Å². The Bertz CT molecular complexity index is 2820. The maximum atomic E-state index is 15.3. The number of piperidine rings is 1. The number of likely N-dealkylation sites (tertiary alicyclic amines) is 1. The van der Waals surface area contributed by atoms with Crippen molar-refractivity contribution in [1.29, 1.82) is 5.26 Å². The van der Waals surface area contributed by atoms with E-state index >= 15 is 4.39 Å². The van der Waals surface area contributed by atoms with Gasteiger partial charge >= 0.3 is 0 Å². The number of hydrogen-bond donors (Lipinski definition) is 1. The average Bonchev–Trinajstić information content (AvgIpc) is 3.75. The van der Waals surface area contributed by atoms with Gasteiger partial charge in [-0.2, -0.15) is 5.26 Å². The van der Waals surface area contributed by atoms with E-state index < -0.39 is 33.2 Å². The topological polar surface area (TPSA) is 137 Å². The number of amides is 1. The van der Waals surface area contributed by atoms with Crippen LogP contribution in [0.5, 0.6) is 0 Å². The number of anilines is 1. The molecule has 0 spiro atoms. The van der Waals surface area contributed by atoms with E-state index in [1.165, 1.54) is 50.5 Å². The number of alkyl halides is 1. The number of nitrogens with zero attached hydrogens (tertiary/aromatic N) is 6. The third kappa shape index (κ3) is 5.87. The van der Waals surface area contributed by atoms with Gasteiger partial charge in [0.2, 0.25) is 10.0 Å². The van der Waals surface area contributed by atoms with Crippen molar-refractivity contribution >= 4 is 60.0 Å². The maximum absolute atomic E-state index is 15.3. The Morgan fingerprint density at radius 1 is 1.02 bits per heavy atom. The number of furan rings is 1. The lowest BCUT2D eigenvalue weighted by Gasteiger charge is -2.32. The van der Waals surface area contributed by atoms with Crippen molar-refractivity contribution in [1.82, 2.24) is 24.6 Å². The van der Waals surface area contributed by atoms with Gasteiger partial charge in [-0.05, 0) is 60.7 Å². The molecule has 1 aliphatic heterocycles. The highest BCUT2D eigenvalue weighted by molar-refractivity contribution is 7.92. The predicted molar refractivity (Wildman–Crippen MR) is 199 cm³/mol. The number of hydrogen-bond acceptors (Lipinski definition) is 8. The highest BCUT2D eigenvalue weighted by Gasteiger charge is 2.35. The Balaban J connectivity index is 1.35. The molecule has 8 rings (SSSR count). The van der Waals surface area contributed by atoms with Crippen molar-refractivity contribution in [2.24, 2.45) is 0 Å². The zero-order valence-electron chi connectivity index (χ0n) is 29.3. The molecule has 1 fully saturated rings. The molecule has 4 aromatic heterocycles. The first kappa shape index (κ1) is 35.1. The largest absolute Gasteiger partial charge is 0.455 e. The second-order valence-electron chi connectivity index (χ2n) is 13.5. The highest BCUT2D eigenvalue weighted by Crippen LogP contribution is 2.42. The summed E-state index contributed by atoms with van der Waals surface area (Å²) in [6.45, 7) is 0.975. The SMILES string of the molecule is CNC(=O)c1c(-c2ccc(F)cc2)oc2cc(N(C)S(C)(=O)=O)c(-c3ccc4nc(CN5CCC(F)(C#N)CC5)n5c6cccc(F)c6cc5c4n3)cc12. The molecule has 274 valence electrons. The second kappa shape index (κ2) is 12.9. The Hall–Kier alpha value is -5.98. The Labute approximate surface area is 307 Å². The van der Waals surface area contributed by atoms with E-state index in [4.69, 9.17) is 14.4 Å². The lowest BCUT2D eigenvalue weighted by Crippen LogP contribution is -2.40. The molecule has 0 bridgehead atoms. The Morgan fingerprint density at radius 3 is 2.44 bits per heavy atom. The van der Waals surface area contributed by atoms with Gasteiger partial charge in [0.25, 0.3) is 5.91 Å². The van der Waals surface area contributed by atoms with E-state index in [1.807, 2.05) is 9.30 Å². The number of carbonyl (C=O) groups excluding carboxylic acids is 1. The number of sulfonamides is 1. The zero-order chi connectivity index (χ0) is 38.1. The monoisotopic (exact) mass is 751 g/mol. The first-order chi connectivity index (χ1) is 25.8. The van der Waals surface area contributed by atoms with Crippen LogP contribution in [0.25, 0.3) is 61.0 Å². The molecule has 0 aliphatic carbocycles. The van der Waals surface area contributed by atoms with Gasteiger partial charge in [-0.3, -0.25) is 18.4 Å². The lowest BCUT2D eigenvalue weighted by atomic mass is 9.95. The first-order valence-corrected chi connectivity index (χ1v) is 18.9. The number of pyridine rings is 1. The molecule has 0 unspecified atom stereocenters. The number of rotatable bonds is 7. The molecule has 54 heavy (non-hydrogen) atoms. The normalized spacial score (nSPS) is 14.9. The van der Waals surface area contributed by atoms with Crippen molar-refractivity contribution in [2.45, 2.75) is 25.1 Å². The van der Waals surface area contributed by atoms with Gasteiger partial charge in [0.15, 0.2) is 5.67 Å². The van der Waals surface area contributed by atoms with Crippen LogP contribution in [0.3, 0.4) is 0 Å². The minimum absolute atomic E-state index is 0.0600. The van der Waals surface area contributed by atoms with E-state index in [0.717, 1.165) is 10.6 Å². The number of nitrogens with one attached hydrogen (secondary N) is 1. The van der Waals surface area contributed by atoms with Crippen molar-refractivity contribution < 1.29 is 30.8 Å². The highest BCUT2D eigenvalue weighted by atomic mass is 32.2. The van der Waals surface area contributed by atoms with Crippen LogP contribution in [0.4, 0.5) is 18.9 Å². The minimum atomic E-state index is -3.83. The molecule has 7 aromatic rings. The van der Waals surface area contributed by atoms with E-state index in [2.05, 4.69) is 5.32 Å². The molecule has 1 saturated heterocycles. The van der Waals surface area contributed by atoms with E-state index in [-0.39, 0.29) is 35.4 Å². The van der Waals surface area contributed by atoms with Gasteiger partial charge in [0, 0.05) is 68.0 Å². The van der Waals surface area contributed by atoms with Crippen LogP contribution < -0.4 is 9.62 Å². The second-order valence-corrected chi connectivity index (χ2v) is 15.5. The number of benzene rings is 3.